The maximum Gasteiger partial charge on any atom is 0.315 e. The molecule has 0 fully saturated rings. The van der Waals surface area contributed by atoms with Gasteiger partial charge >= 0.3 is 5.97 Å². The first-order chi connectivity index (χ1) is 7.18. The average molecular weight is 205 g/mol. The summed E-state index contributed by atoms with van der Waals surface area (Å²) in [5, 5.41) is 3.20. The first kappa shape index (κ1) is 10.0. The van der Waals surface area contributed by atoms with Crippen molar-refractivity contribution in [2.75, 3.05) is 11.9 Å². The minimum Gasteiger partial charge on any atom is -0.462 e. The molecule has 1 N–H and O–H groups in total. The number of fused-ring (bicyclic) bond motifs is 1. The van der Waals surface area contributed by atoms with Crippen LogP contribution in [0.25, 0.3) is 0 Å². The zero-order chi connectivity index (χ0) is 10.8. The molecule has 3 nitrogen and oxygen atoms in total. The van der Waals surface area contributed by atoms with E-state index in [1.807, 2.05) is 38.1 Å². The van der Waals surface area contributed by atoms with Crippen molar-refractivity contribution < 1.29 is 9.53 Å². The Morgan fingerprint density at radius 3 is 2.93 bits per heavy atom. The Hall–Kier alpha value is -1.51. The molecule has 0 saturated heterocycles. The van der Waals surface area contributed by atoms with E-state index in [2.05, 4.69) is 5.32 Å². The Bertz CT molecular complexity index is 374. The molecule has 1 aliphatic heterocycles. The summed E-state index contributed by atoms with van der Waals surface area (Å²) in [5.41, 5.74) is 2.09. The number of carbonyl (C=O) groups is 1. The highest BCUT2D eigenvalue weighted by atomic mass is 16.5. The average Bonchev–Trinajstić information content (AvgIpc) is 2.59. The molecule has 80 valence electrons. The minimum atomic E-state index is -0.149. The summed E-state index contributed by atoms with van der Waals surface area (Å²) in [6.45, 7) is 4.38. The van der Waals surface area contributed by atoms with E-state index in [0.717, 1.165) is 11.3 Å². The van der Waals surface area contributed by atoms with E-state index in [0.29, 0.717) is 6.54 Å². The Balaban J connectivity index is 2.17. The fourth-order valence-corrected chi connectivity index (χ4v) is 1.81. The molecule has 0 bridgehead atoms. The zero-order valence-corrected chi connectivity index (χ0v) is 8.99. The van der Waals surface area contributed by atoms with Crippen LogP contribution in [0.15, 0.2) is 24.3 Å². The lowest BCUT2D eigenvalue weighted by Gasteiger charge is -2.12. The summed E-state index contributed by atoms with van der Waals surface area (Å²) >= 11 is 0. The highest BCUT2D eigenvalue weighted by Gasteiger charge is 2.29. The Labute approximate surface area is 89.4 Å². The van der Waals surface area contributed by atoms with Crippen LogP contribution in [-0.4, -0.2) is 18.6 Å². The van der Waals surface area contributed by atoms with Crippen molar-refractivity contribution in [3.63, 3.8) is 0 Å². The molecule has 0 spiro atoms. The molecule has 0 amide bonds. The second-order valence-electron chi connectivity index (χ2n) is 4.01. The van der Waals surface area contributed by atoms with Crippen molar-refractivity contribution in [1.29, 1.82) is 0 Å². The monoisotopic (exact) mass is 205 g/mol. The van der Waals surface area contributed by atoms with Gasteiger partial charge in [-0.2, -0.15) is 0 Å². The number of ether oxygens (including phenoxy) is 1. The van der Waals surface area contributed by atoms with E-state index in [9.17, 15) is 4.79 Å². The predicted octanol–water partition coefficient (Wildman–Crippen LogP) is 2.15. The smallest absolute Gasteiger partial charge is 0.315 e. The summed E-state index contributed by atoms with van der Waals surface area (Å²) in [4.78, 5) is 11.8. The number of rotatable bonds is 2. The molecule has 1 aromatic rings. The number of nitrogens with one attached hydrogen (secondary N) is 1. The molecule has 0 radical (unpaired) electrons. The van der Waals surface area contributed by atoms with Crippen molar-refractivity contribution in [3.8, 4) is 0 Å². The first-order valence-electron chi connectivity index (χ1n) is 5.22. The van der Waals surface area contributed by atoms with Gasteiger partial charge in [-0.05, 0) is 25.5 Å². The molecule has 0 saturated carbocycles. The van der Waals surface area contributed by atoms with Crippen LogP contribution in [0.3, 0.4) is 0 Å². The van der Waals surface area contributed by atoms with Gasteiger partial charge in [-0.1, -0.05) is 18.2 Å². The van der Waals surface area contributed by atoms with Crippen LogP contribution in [0.4, 0.5) is 5.69 Å². The summed E-state index contributed by atoms with van der Waals surface area (Å²) in [6, 6.07) is 7.86. The van der Waals surface area contributed by atoms with Crippen LogP contribution in [0, 0.1) is 0 Å². The molecule has 0 aromatic heterocycles. The van der Waals surface area contributed by atoms with Gasteiger partial charge in [0.1, 0.15) is 5.92 Å². The molecular weight excluding hydrogens is 190 g/mol. The van der Waals surface area contributed by atoms with E-state index < -0.39 is 0 Å². The molecule has 1 heterocycles. The molecule has 3 heteroatoms. The summed E-state index contributed by atoms with van der Waals surface area (Å²) in [7, 11) is 0. The quantitative estimate of drug-likeness (QED) is 0.752. The number of para-hydroxylation sites is 1. The summed E-state index contributed by atoms with van der Waals surface area (Å²) in [6.07, 6.45) is -0.0507. The largest absolute Gasteiger partial charge is 0.462 e. The molecule has 1 atom stereocenters. The van der Waals surface area contributed by atoms with Crippen LogP contribution in [0.1, 0.15) is 25.3 Å². The third-order valence-corrected chi connectivity index (χ3v) is 2.47. The second-order valence-corrected chi connectivity index (χ2v) is 4.01. The third kappa shape index (κ3) is 1.96. The molecule has 15 heavy (non-hydrogen) atoms. The fourth-order valence-electron chi connectivity index (χ4n) is 1.81. The number of hydrogen-bond donors (Lipinski definition) is 1. The number of hydrogen-bond acceptors (Lipinski definition) is 3. The molecule has 0 aliphatic carbocycles. The number of benzene rings is 1. The van der Waals surface area contributed by atoms with Gasteiger partial charge in [0.05, 0.1) is 6.10 Å². The van der Waals surface area contributed by atoms with Crippen LogP contribution in [0.5, 0.6) is 0 Å². The molecule has 1 unspecified atom stereocenters. The highest BCUT2D eigenvalue weighted by Crippen LogP contribution is 2.31. The van der Waals surface area contributed by atoms with Gasteiger partial charge in [-0.3, -0.25) is 4.79 Å². The van der Waals surface area contributed by atoms with Gasteiger partial charge in [0.2, 0.25) is 0 Å². The van der Waals surface area contributed by atoms with Crippen molar-refractivity contribution >= 4 is 11.7 Å². The maximum atomic E-state index is 11.8. The normalized spacial score (nSPS) is 18.5. The van der Waals surface area contributed by atoms with Crippen molar-refractivity contribution in [2.45, 2.75) is 25.9 Å². The SMILES string of the molecule is CC(C)OC(=O)C1CNc2ccccc21. The lowest BCUT2D eigenvalue weighted by Crippen LogP contribution is -2.20. The van der Waals surface area contributed by atoms with Crippen molar-refractivity contribution in [1.82, 2.24) is 0 Å². The fraction of sp³-hybridized carbons (Fsp3) is 0.417. The van der Waals surface area contributed by atoms with E-state index >= 15 is 0 Å². The topological polar surface area (TPSA) is 38.3 Å². The van der Waals surface area contributed by atoms with E-state index in [-0.39, 0.29) is 18.0 Å². The van der Waals surface area contributed by atoms with Crippen molar-refractivity contribution in [2.24, 2.45) is 0 Å². The van der Waals surface area contributed by atoms with Gasteiger partial charge in [0, 0.05) is 12.2 Å². The predicted molar refractivity (Wildman–Crippen MR) is 58.9 cm³/mol. The molecule has 1 aliphatic rings. The molecule has 1 aromatic carbocycles. The number of carbonyl (C=O) groups excluding carboxylic acids is 1. The number of anilines is 1. The highest BCUT2D eigenvalue weighted by molar-refractivity contribution is 5.83. The van der Waals surface area contributed by atoms with Crippen LogP contribution in [-0.2, 0) is 9.53 Å². The summed E-state index contributed by atoms with van der Waals surface area (Å²) in [5.74, 6) is -0.286. The van der Waals surface area contributed by atoms with Crippen LogP contribution in [0.2, 0.25) is 0 Å². The van der Waals surface area contributed by atoms with Gasteiger partial charge < -0.3 is 10.1 Å². The Kier molecular flexibility index (Phi) is 2.62. The van der Waals surface area contributed by atoms with Gasteiger partial charge in [-0.15, -0.1) is 0 Å². The Morgan fingerprint density at radius 2 is 2.20 bits per heavy atom. The second kappa shape index (κ2) is 3.93. The van der Waals surface area contributed by atoms with E-state index in [1.165, 1.54) is 0 Å². The lowest BCUT2D eigenvalue weighted by atomic mass is 10.0. The maximum absolute atomic E-state index is 11.8. The molecular formula is C12H15NO2. The molecule has 2 rings (SSSR count). The first-order valence-corrected chi connectivity index (χ1v) is 5.22. The van der Waals surface area contributed by atoms with Crippen LogP contribution < -0.4 is 5.32 Å². The Morgan fingerprint density at radius 1 is 1.47 bits per heavy atom. The minimum absolute atomic E-state index is 0.0507. The van der Waals surface area contributed by atoms with E-state index in [4.69, 9.17) is 4.74 Å². The van der Waals surface area contributed by atoms with Crippen molar-refractivity contribution in [3.05, 3.63) is 29.8 Å². The van der Waals surface area contributed by atoms with Gasteiger partial charge in [0.15, 0.2) is 0 Å². The zero-order valence-electron chi connectivity index (χ0n) is 8.99. The standard InChI is InChI=1S/C12H15NO2/c1-8(2)15-12(14)10-7-13-11-6-4-3-5-9(10)11/h3-6,8,10,13H,7H2,1-2H3. The van der Waals surface area contributed by atoms with E-state index in [1.54, 1.807) is 0 Å². The summed E-state index contributed by atoms with van der Waals surface area (Å²) < 4.78 is 5.21. The lowest BCUT2D eigenvalue weighted by molar-refractivity contribution is -0.148. The van der Waals surface area contributed by atoms with Gasteiger partial charge in [-0.25, -0.2) is 0 Å². The third-order valence-electron chi connectivity index (χ3n) is 2.47. The number of esters is 1. The van der Waals surface area contributed by atoms with Crippen LogP contribution >= 0.6 is 0 Å². The van der Waals surface area contributed by atoms with Gasteiger partial charge in [0.25, 0.3) is 0 Å².